The van der Waals surface area contributed by atoms with Crippen LogP contribution in [-0.4, -0.2) is 24.3 Å². The molecule has 0 spiro atoms. The van der Waals surface area contributed by atoms with Crippen LogP contribution in [0.3, 0.4) is 0 Å². The maximum absolute atomic E-state index is 11.0. The molecule has 0 aliphatic carbocycles. The van der Waals surface area contributed by atoms with Gasteiger partial charge in [-0.15, -0.1) is 0 Å². The second-order valence-corrected chi connectivity index (χ2v) is 3.76. The lowest BCUT2D eigenvalue weighted by atomic mass is 10.1. The minimum atomic E-state index is -0.922. The van der Waals surface area contributed by atoms with Crippen molar-refractivity contribution in [1.29, 1.82) is 0 Å². The van der Waals surface area contributed by atoms with Crippen molar-refractivity contribution in [3.8, 4) is 11.5 Å². The van der Waals surface area contributed by atoms with Gasteiger partial charge in [-0.2, -0.15) is 0 Å². The van der Waals surface area contributed by atoms with E-state index in [2.05, 4.69) is 0 Å². The van der Waals surface area contributed by atoms with Gasteiger partial charge in [-0.1, -0.05) is 13.3 Å². The lowest BCUT2D eigenvalue weighted by Crippen LogP contribution is -2.26. The fourth-order valence-electron chi connectivity index (χ4n) is 1.44. The van der Waals surface area contributed by atoms with Crippen molar-refractivity contribution in [1.82, 2.24) is 0 Å². The highest BCUT2D eigenvalue weighted by Gasteiger charge is 2.18. The van der Waals surface area contributed by atoms with Gasteiger partial charge in [-0.25, -0.2) is 4.79 Å². The molecule has 0 aromatic heterocycles. The summed E-state index contributed by atoms with van der Waals surface area (Å²) < 4.78 is 10.4. The van der Waals surface area contributed by atoms with Crippen molar-refractivity contribution in [3.63, 3.8) is 0 Å². The third-order valence-electron chi connectivity index (χ3n) is 2.43. The van der Waals surface area contributed by atoms with Gasteiger partial charge in [0.25, 0.3) is 0 Å². The molecule has 0 fully saturated rings. The second-order valence-electron chi connectivity index (χ2n) is 3.76. The minimum absolute atomic E-state index is 0.526. The number of methoxy groups -OCH3 is 1. The molecule has 1 atom stereocenters. The second kappa shape index (κ2) is 6.78. The summed E-state index contributed by atoms with van der Waals surface area (Å²) in [7, 11) is 1.58. The van der Waals surface area contributed by atoms with Gasteiger partial charge in [0.2, 0.25) is 0 Å². The zero-order chi connectivity index (χ0) is 12.7. The Morgan fingerprint density at radius 3 is 2.35 bits per heavy atom. The first-order chi connectivity index (χ1) is 8.17. The third-order valence-corrected chi connectivity index (χ3v) is 2.43. The standard InChI is InChI=1S/C13H18O4/c1-3-4-5-12(13(14)15)17-11-8-6-10(16-2)7-9-11/h6-9,12H,3-5H2,1-2H3,(H,14,15)/t12-/m0/s1. The summed E-state index contributed by atoms with van der Waals surface area (Å²) in [6.45, 7) is 2.02. The number of hydrogen-bond donors (Lipinski definition) is 1. The highest BCUT2D eigenvalue weighted by molar-refractivity contribution is 5.72. The summed E-state index contributed by atoms with van der Waals surface area (Å²) in [5.74, 6) is 0.348. The van der Waals surface area contributed by atoms with E-state index >= 15 is 0 Å². The lowest BCUT2D eigenvalue weighted by molar-refractivity contribution is -0.145. The van der Waals surface area contributed by atoms with E-state index in [0.717, 1.165) is 18.6 Å². The van der Waals surface area contributed by atoms with Gasteiger partial charge in [0.15, 0.2) is 6.10 Å². The van der Waals surface area contributed by atoms with Crippen molar-refractivity contribution in [2.45, 2.75) is 32.3 Å². The summed E-state index contributed by atoms with van der Waals surface area (Å²) in [6, 6.07) is 6.91. The molecule has 4 nitrogen and oxygen atoms in total. The molecular weight excluding hydrogens is 220 g/mol. The van der Waals surface area contributed by atoms with E-state index in [1.807, 2.05) is 6.92 Å². The van der Waals surface area contributed by atoms with Crippen LogP contribution in [0.4, 0.5) is 0 Å². The van der Waals surface area contributed by atoms with Gasteiger partial charge >= 0.3 is 5.97 Å². The monoisotopic (exact) mass is 238 g/mol. The molecule has 1 N–H and O–H groups in total. The number of carboxylic acid groups (broad SMARTS) is 1. The Morgan fingerprint density at radius 2 is 1.88 bits per heavy atom. The molecule has 0 radical (unpaired) electrons. The van der Waals surface area contributed by atoms with Crippen LogP contribution in [0.1, 0.15) is 26.2 Å². The average molecular weight is 238 g/mol. The predicted molar refractivity (Wildman–Crippen MR) is 64.6 cm³/mol. The zero-order valence-electron chi connectivity index (χ0n) is 10.2. The molecule has 1 rings (SSSR count). The molecular formula is C13H18O4. The Bertz CT molecular complexity index is 345. The highest BCUT2D eigenvalue weighted by Crippen LogP contribution is 2.19. The maximum Gasteiger partial charge on any atom is 0.344 e. The van der Waals surface area contributed by atoms with Crippen molar-refractivity contribution in [3.05, 3.63) is 24.3 Å². The van der Waals surface area contributed by atoms with E-state index in [4.69, 9.17) is 14.6 Å². The highest BCUT2D eigenvalue weighted by atomic mass is 16.5. The van der Waals surface area contributed by atoms with Crippen LogP contribution in [0.5, 0.6) is 11.5 Å². The summed E-state index contributed by atoms with van der Waals surface area (Å²) in [4.78, 5) is 11.0. The van der Waals surface area contributed by atoms with Crippen LogP contribution in [-0.2, 0) is 4.79 Å². The quantitative estimate of drug-likeness (QED) is 0.793. The van der Waals surface area contributed by atoms with Gasteiger partial charge in [0, 0.05) is 0 Å². The molecule has 0 heterocycles. The van der Waals surface area contributed by atoms with E-state index in [1.54, 1.807) is 31.4 Å². The number of carboxylic acids is 1. The number of hydrogen-bond acceptors (Lipinski definition) is 3. The Morgan fingerprint density at radius 1 is 1.29 bits per heavy atom. The SMILES string of the molecule is CCCC[C@H](Oc1ccc(OC)cc1)C(=O)O. The molecule has 0 saturated carbocycles. The van der Waals surface area contributed by atoms with Crippen LogP contribution < -0.4 is 9.47 Å². The number of rotatable bonds is 7. The molecule has 0 amide bonds. The molecule has 1 aromatic carbocycles. The Hall–Kier alpha value is -1.71. The first-order valence-corrected chi connectivity index (χ1v) is 5.71. The molecule has 4 heteroatoms. The van der Waals surface area contributed by atoms with Crippen molar-refractivity contribution >= 4 is 5.97 Å². The Labute approximate surface area is 101 Å². The molecule has 1 aromatic rings. The topological polar surface area (TPSA) is 55.8 Å². The smallest absolute Gasteiger partial charge is 0.344 e. The number of aliphatic carboxylic acids is 1. The van der Waals surface area contributed by atoms with Gasteiger partial charge < -0.3 is 14.6 Å². The molecule has 17 heavy (non-hydrogen) atoms. The predicted octanol–water partition coefficient (Wildman–Crippen LogP) is 2.72. The summed E-state index contributed by atoms with van der Waals surface area (Å²) >= 11 is 0. The van der Waals surface area contributed by atoms with Gasteiger partial charge in [-0.3, -0.25) is 0 Å². The van der Waals surface area contributed by atoms with E-state index in [-0.39, 0.29) is 0 Å². The summed E-state index contributed by atoms with van der Waals surface area (Å²) in [6.07, 6.45) is 1.55. The molecule has 0 aliphatic rings. The lowest BCUT2D eigenvalue weighted by Gasteiger charge is -2.14. The number of ether oxygens (including phenoxy) is 2. The zero-order valence-corrected chi connectivity index (χ0v) is 10.2. The van der Waals surface area contributed by atoms with Crippen LogP contribution in [0.25, 0.3) is 0 Å². The molecule has 94 valence electrons. The van der Waals surface area contributed by atoms with E-state index in [0.29, 0.717) is 12.2 Å². The van der Waals surface area contributed by atoms with Crippen LogP contribution >= 0.6 is 0 Å². The molecule has 0 aliphatic heterocycles. The van der Waals surface area contributed by atoms with Crippen LogP contribution in [0, 0.1) is 0 Å². The molecule has 0 bridgehead atoms. The Kier molecular flexibility index (Phi) is 5.33. The number of carbonyl (C=O) groups is 1. The Balaban J connectivity index is 2.61. The van der Waals surface area contributed by atoms with Gasteiger partial charge in [0.1, 0.15) is 11.5 Å². The van der Waals surface area contributed by atoms with E-state index in [1.165, 1.54) is 0 Å². The van der Waals surface area contributed by atoms with Crippen LogP contribution in [0.2, 0.25) is 0 Å². The van der Waals surface area contributed by atoms with Crippen molar-refractivity contribution in [2.24, 2.45) is 0 Å². The van der Waals surface area contributed by atoms with Crippen molar-refractivity contribution < 1.29 is 19.4 Å². The normalized spacial score (nSPS) is 11.9. The van der Waals surface area contributed by atoms with Gasteiger partial charge in [0.05, 0.1) is 7.11 Å². The number of benzene rings is 1. The average Bonchev–Trinajstić information content (AvgIpc) is 2.35. The summed E-state index contributed by atoms with van der Waals surface area (Å²) in [5, 5.41) is 9.01. The van der Waals surface area contributed by atoms with E-state index < -0.39 is 12.1 Å². The summed E-state index contributed by atoms with van der Waals surface area (Å²) in [5.41, 5.74) is 0. The molecule has 0 saturated heterocycles. The van der Waals surface area contributed by atoms with Gasteiger partial charge in [-0.05, 0) is 37.1 Å². The third kappa shape index (κ3) is 4.34. The largest absolute Gasteiger partial charge is 0.497 e. The molecule has 0 unspecified atom stereocenters. The van der Waals surface area contributed by atoms with Crippen LogP contribution in [0.15, 0.2) is 24.3 Å². The van der Waals surface area contributed by atoms with Crippen molar-refractivity contribution in [2.75, 3.05) is 7.11 Å². The van der Waals surface area contributed by atoms with E-state index in [9.17, 15) is 4.79 Å². The fourth-order valence-corrected chi connectivity index (χ4v) is 1.44. The number of unbranched alkanes of at least 4 members (excludes halogenated alkanes) is 1. The first-order valence-electron chi connectivity index (χ1n) is 5.71. The maximum atomic E-state index is 11.0. The minimum Gasteiger partial charge on any atom is -0.497 e. The fraction of sp³-hybridized carbons (Fsp3) is 0.462. The first kappa shape index (κ1) is 13.4.